The van der Waals surface area contributed by atoms with E-state index in [2.05, 4.69) is 18.7 Å². The van der Waals surface area contributed by atoms with Crippen molar-refractivity contribution >= 4 is 7.98 Å². The lowest BCUT2D eigenvalue weighted by Crippen LogP contribution is -2.49. The van der Waals surface area contributed by atoms with Gasteiger partial charge in [-0.3, -0.25) is 4.90 Å². The van der Waals surface area contributed by atoms with E-state index >= 15 is 0 Å². The third-order valence-electron chi connectivity index (χ3n) is 3.11. The van der Waals surface area contributed by atoms with Gasteiger partial charge in [0.25, 0.3) is 0 Å². The Hall–Kier alpha value is -0.0151. The Morgan fingerprint density at radius 3 is 1.93 bits per heavy atom. The first-order valence-electron chi connectivity index (χ1n) is 6.01. The molecule has 0 atom stereocenters. The molecular formula is C11H23BN2. The third-order valence-corrected chi connectivity index (χ3v) is 3.11. The van der Waals surface area contributed by atoms with Gasteiger partial charge in [0.1, 0.15) is 0 Å². The molecule has 1 aliphatic rings. The molecule has 1 saturated heterocycles. The minimum Gasteiger partial charge on any atom is -0.351 e. The van der Waals surface area contributed by atoms with Gasteiger partial charge < -0.3 is 4.81 Å². The zero-order valence-corrected chi connectivity index (χ0v) is 9.71. The molecule has 3 heteroatoms. The smallest absolute Gasteiger partial charge is 0.182 e. The number of nitrogens with zero attached hydrogens (tertiary/aromatic N) is 2. The molecule has 14 heavy (non-hydrogen) atoms. The van der Waals surface area contributed by atoms with Crippen molar-refractivity contribution in [2.75, 3.05) is 26.2 Å². The Balaban J connectivity index is 2.34. The highest BCUT2D eigenvalue weighted by Crippen LogP contribution is 2.14. The molecule has 0 spiro atoms. The van der Waals surface area contributed by atoms with E-state index in [1.54, 1.807) is 0 Å². The number of hydrogen-bond donors (Lipinski definition) is 0. The molecule has 0 N–H and O–H groups in total. The molecule has 1 fully saturated rings. The maximum Gasteiger partial charge on any atom is 0.182 e. The Bertz CT molecular complexity index is 138. The number of hydrogen-bond acceptors (Lipinski definition) is 2. The first kappa shape index (κ1) is 12.1. The molecule has 0 saturated carbocycles. The van der Waals surface area contributed by atoms with Gasteiger partial charge in [0, 0.05) is 19.1 Å². The summed E-state index contributed by atoms with van der Waals surface area (Å²) >= 11 is 0. The maximum absolute atomic E-state index is 5.75. The van der Waals surface area contributed by atoms with Gasteiger partial charge in [-0.25, -0.2) is 0 Å². The summed E-state index contributed by atoms with van der Waals surface area (Å²) in [5, 5.41) is 0. The van der Waals surface area contributed by atoms with Crippen molar-refractivity contribution in [3.8, 4) is 0 Å². The van der Waals surface area contributed by atoms with Crippen LogP contribution in [0.1, 0.15) is 39.5 Å². The SMILES string of the molecule is [B]N1CCN(C(CCC)CCC)CC1. The van der Waals surface area contributed by atoms with Crippen molar-refractivity contribution in [3.63, 3.8) is 0 Å². The van der Waals surface area contributed by atoms with Gasteiger partial charge in [-0.2, -0.15) is 0 Å². The van der Waals surface area contributed by atoms with Crippen LogP contribution in [0.25, 0.3) is 0 Å². The van der Waals surface area contributed by atoms with Crippen LogP contribution in [-0.2, 0) is 0 Å². The Kier molecular flexibility index (Phi) is 5.57. The van der Waals surface area contributed by atoms with E-state index in [4.69, 9.17) is 7.98 Å². The van der Waals surface area contributed by atoms with Crippen LogP contribution in [0.15, 0.2) is 0 Å². The molecule has 1 heterocycles. The largest absolute Gasteiger partial charge is 0.351 e. The number of rotatable bonds is 5. The zero-order valence-electron chi connectivity index (χ0n) is 9.71. The fourth-order valence-electron chi connectivity index (χ4n) is 2.28. The van der Waals surface area contributed by atoms with Crippen molar-refractivity contribution in [3.05, 3.63) is 0 Å². The van der Waals surface area contributed by atoms with Crippen LogP contribution >= 0.6 is 0 Å². The summed E-state index contributed by atoms with van der Waals surface area (Å²) in [6.07, 6.45) is 5.29. The second-order valence-electron chi connectivity index (χ2n) is 4.30. The summed E-state index contributed by atoms with van der Waals surface area (Å²) in [7, 11) is 5.75. The fraction of sp³-hybridized carbons (Fsp3) is 1.00. The summed E-state index contributed by atoms with van der Waals surface area (Å²) in [5.41, 5.74) is 0. The van der Waals surface area contributed by atoms with Crippen molar-refractivity contribution < 1.29 is 0 Å². The molecule has 1 aliphatic heterocycles. The lowest BCUT2D eigenvalue weighted by Gasteiger charge is -2.38. The van der Waals surface area contributed by atoms with Gasteiger partial charge in [0.05, 0.1) is 0 Å². The summed E-state index contributed by atoms with van der Waals surface area (Å²) < 4.78 is 0. The molecule has 2 radical (unpaired) electrons. The van der Waals surface area contributed by atoms with Gasteiger partial charge in [-0.05, 0) is 25.9 Å². The first-order valence-corrected chi connectivity index (χ1v) is 6.01. The van der Waals surface area contributed by atoms with E-state index in [-0.39, 0.29) is 0 Å². The van der Waals surface area contributed by atoms with E-state index in [9.17, 15) is 0 Å². The van der Waals surface area contributed by atoms with E-state index in [1.165, 1.54) is 25.7 Å². The molecule has 0 bridgehead atoms. The molecule has 0 unspecified atom stereocenters. The standard InChI is InChI=1S/C11H23BN2/c1-3-5-11(6-4-2)13-7-9-14(12)10-8-13/h11H,3-10H2,1-2H3. The molecule has 1 rings (SSSR count). The van der Waals surface area contributed by atoms with Crippen molar-refractivity contribution in [2.45, 2.75) is 45.6 Å². The average molecular weight is 194 g/mol. The van der Waals surface area contributed by atoms with Crippen LogP contribution in [0.4, 0.5) is 0 Å². The van der Waals surface area contributed by atoms with E-state index in [0.717, 1.165) is 32.2 Å². The summed E-state index contributed by atoms with van der Waals surface area (Å²) in [5.74, 6) is 0. The monoisotopic (exact) mass is 194 g/mol. The van der Waals surface area contributed by atoms with Gasteiger partial charge >= 0.3 is 0 Å². The molecular weight excluding hydrogens is 171 g/mol. The second kappa shape index (κ2) is 6.47. The summed E-state index contributed by atoms with van der Waals surface area (Å²) in [6, 6.07) is 0.804. The normalized spacial score (nSPS) is 20.5. The first-order chi connectivity index (χ1) is 6.77. The molecule has 0 aromatic carbocycles. The highest BCUT2D eigenvalue weighted by atomic mass is 15.2. The van der Waals surface area contributed by atoms with Crippen LogP contribution in [0, 0.1) is 0 Å². The topological polar surface area (TPSA) is 6.48 Å². The van der Waals surface area contributed by atoms with E-state index < -0.39 is 0 Å². The summed E-state index contributed by atoms with van der Waals surface area (Å²) in [6.45, 7) is 8.93. The Labute approximate surface area is 90.1 Å². The molecule has 80 valence electrons. The van der Waals surface area contributed by atoms with Gasteiger partial charge in [-0.15, -0.1) is 0 Å². The molecule has 0 aliphatic carbocycles. The van der Waals surface area contributed by atoms with Crippen LogP contribution in [0.2, 0.25) is 0 Å². The van der Waals surface area contributed by atoms with Gasteiger partial charge in [0.15, 0.2) is 7.98 Å². The minimum atomic E-state index is 0.804. The summed E-state index contributed by atoms with van der Waals surface area (Å²) in [4.78, 5) is 4.56. The lowest BCUT2D eigenvalue weighted by molar-refractivity contribution is 0.125. The zero-order chi connectivity index (χ0) is 10.4. The molecule has 0 amide bonds. The predicted octanol–water partition coefficient (Wildman–Crippen LogP) is 1.66. The predicted molar refractivity (Wildman–Crippen MR) is 62.5 cm³/mol. The lowest BCUT2D eigenvalue weighted by atomic mass is 10.0. The molecule has 0 aromatic rings. The van der Waals surface area contributed by atoms with Crippen LogP contribution in [-0.4, -0.2) is 49.9 Å². The van der Waals surface area contributed by atoms with Gasteiger partial charge in [-0.1, -0.05) is 26.7 Å². The Morgan fingerprint density at radius 2 is 1.50 bits per heavy atom. The quantitative estimate of drug-likeness (QED) is 0.614. The second-order valence-corrected chi connectivity index (χ2v) is 4.30. The fourth-order valence-corrected chi connectivity index (χ4v) is 2.28. The highest BCUT2D eigenvalue weighted by molar-refractivity contribution is 6.04. The van der Waals surface area contributed by atoms with Crippen LogP contribution < -0.4 is 0 Å². The van der Waals surface area contributed by atoms with Crippen LogP contribution in [0.3, 0.4) is 0 Å². The van der Waals surface area contributed by atoms with Crippen molar-refractivity contribution in [1.82, 2.24) is 9.71 Å². The van der Waals surface area contributed by atoms with Crippen molar-refractivity contribution in [2.24, 2.45) is 0 Å². The number of piperazine rings is 1. The van der Waals surface area contributed by atoms with Crippen molar-refractivity contribution in [1.29, 1.82) is 0 Å². The molecule has 0 aromatic heterocycles. The third kappa shape index (κ3) is 3.62. The average Bonchev–Trinajstić information content (AvgIpc) is 2.19. The maximum atomic E-state index is 5.75. The molecule has 2 nitrogen and oxygen atoms in total. The van der Waals surface area contributed by atoms with E-state index in [0.29, 0.717) is 0 Å². The Morgan fingerprint density at radius 1 is 1.00 bits per heavy atom. The highest BCUT2D eigenvalue weighted by Gasteiger charge is 2.20. The van der Waals surface area contributed by atoms with Crippen LogP contribution in [0.5, 0.6) is 0 Å². The van der Waals surface area contributed by atoms with E-state index in [1.807, 2.05) is 4.81 Å². The minimum absolute atomic E-state index is 0.804. The van der Waals surface area contributed by atoms with Gasteiger partial charge in [0.2, 0.25) is 0 Å².